The van der Waals surface area contributed by atoms with Gasteiger partial charge in [-0.25, -0.2) is 9.79 Å². The van der Waals surface area contributed by atoms with E-state index in [-0.39, 0.29) is 17.3 Å². The van der Waals surface area contributed by atoms with E-state index in [1.54, 1.807) is 39.0 Å². The van der Waals surface area contributed by atoms with Crippen LogP contribution in [0.3, 0.4) is 0 Å². The van der Waals surface area contributed by atoms with Crippen LogP contribution in [0, 0.1) is 0 Å². The van der Waals surface area contributed by atoms with Crippen LogP contribution in [0.25, 0.3) is 0 Å². The van der Waals surface area contributed by atoms with Gasteiger partial charge in [0.05, 0.1) is 28.7 Å². The molecular weight excluding hydrogens is 395 g/mol. The predicted octanol–water partition coefficient (Wildman–Crippen LogP) is 4.59. The summed E-state index contributed by atoms with van der Waals surface area (Å²) in [5, 5.41) is 1.14. The van der Waals surface area contributed by atoms with Gasteiger partial charge in [0.15, 0.2) is 5.17 Å². The lowest BCUT2D eigenvalue weighted by atomic mass is 9.94. The quantitative estimate of drug-likeness (QED) is 0.680. The molecule has 1 aromatic rings. The van der Waals surface area contributed by atoms with Gasteiger partial charge in [-0.05, 0) is 45.4 Å². The Morgan fingerprint density at radius 3 is 2.65 bits per heavy atom. The molecule has 26 heavy (non-hydrogen) atoms. The Bertz CT molecular complexity index is 851. The zero-order valence-corrected chi connectivity index (χ0v) is 17.1. The van der Waals surface area contributed by atoms with Crippen molar-refractivity contribution in [2.75, 3.05) is 0 Å². The predicted molar refractivity (Wildman–Crippen MR) is 104 cm³/mol. The number of esters is 1. The number of carbonyl (C=O) groups excluding carboxylic acids is 2. The van der Waals surface area contributed by atoms with Gasteiger partial charge in [0.25, 0.3) is 0 Å². The molecule has 1 fully saturated rings. The third kappa shape index (κ3) is 3.38. The zero-order chi connectivity index (χ0) is 19.2. The SMILES string of the molecule is CC1=C(C(=O)OC(C)C)[C@@H](c2ccc(Cl)cc2Cl)N2C(=O)[C@@H](C)SC2=N1. The van der Waals surface area contributed by atoms with Crippen molar-refractivity contribution in [3.8, 4) is 0 Å². The van der Waals surface area contributed by atoms with Crippen molar-refractivity contribution in [2.45, 2.75) is 45.1 Å². The fourth-order valence-corrected chi connectivity index (χ4v) is 4.50. The number of ether oxygens (including phenoxy) is 1. The highest BCUT2D eigenvalue weighted by Gasteiger charge is 2.47. The van der Waals surface area contributed by atoms with Gasteiger partial charge < -0.3 is 4.74 Å². The minimum atomic E-state index is -0.691. The zero-order valence-electron chi connectivity index (χ0n) is 14.7. The molecule has 1 aromatic carbocycles. The lowest BCUT2D eigenvalue weighted by molar-refractivity contribution is -0.143. The average molecular weight is 413 g/mol. The molecule has 0 unspecified atom stereocenters. The maximum absolute atomic E-state index is 12.8. The number of halogens is 2. The van der Waals surface area contributed by atoms with E-state index in [1.165, 1.54) is 16.7 Å². The number of amidine groups is 1. The standard InChI is InChI=1S/C18H18Cl2N2O3S/c1-8(2)25-17(24)14-9(3)21-18-22(16(23)10(4)26-18)15(14)12-6-5-11(19)7-13(12)20/h5-8,10,15H,1-4H3/t10-,15-/m1/s1. The molecule has 0 bridgehead atoms. The summed E-state index contributed by atoms with van der Waals surface area (Å²) in [6.07, 6.45) is -0.294. The van der Waals surface area contributed by atoms with Crippen molar-refractivity contribution in [2.24, 2.45) is 4.99 Å². The van der Waals surface area contributed by atoms with Gasteiger partial charge in [0, 0.05) is 10.0 Å². The second-order valence-corrected chi connectivity index (χ2v) is 8.54. The van der Waals surface area contributed by atoms with Gasteiger partial charge in [-0.3, -0.25) is 9.69 Å². The minimum absolute atomic E-state index is 0.118. The molecule has 1 saturated heterocycles. The third-order valence-corrected chi connectivity index (χ3v) is 5.69. The molecule has 0 aliphatic carbocycles. The monoisotopic (exact) mass is 412 g/mol. The van der Waals surface area contributed by atoms with Gasteiger partial charge in [-0.2, -0.15) is 0 Å². The van der Waals surface area contributed by atoms with Crippen LogP contribution in [0.5, 0.6) is 0 Å². The molecule has 0 saturated carbocycles. The number of rotatable bonds is 3. The molecule has 2 aliphatic rings. The second kappa shape index (κ2) is 7.25. The Kier molecular flexibility index (Phi) is 5.37. The topological polar surface area (TPSA) is 59.0 Å². The van der Waals surface area contributed by atoms with Crippen LogP contribution in [0.15, 0.2) is 34.5 Å². The Morgan fingerprint density at radius 1 is 1.35 bits per heavy atom. The molecule has 2 heterocycles. The average Bonchev–Trinajstić information content (AvgIpc) is 2.80. The molecular formula is C18H18Cl2N2O3S. The number of aliphatic imine (C=N–C) groups is 1. The number of amides is 1. The Labute approximate surface area is 166 Å². The van der Waals surface area contributed by atoms with Gasteiger partial charge in [0.1, 0.15) is 0 Å². The fourth-order valence-electron chi connectivity index (χ4n) is 2.96. The normalized spacial score (nSPS) is 22.7. The van der Waals surface area contributed by atoms with Crippen LogP contribution < -0.4 is 0 Å². The van der Waals surface area contributed by atoms with Crippen molar-refractivity contribution in [1.82, 2.24) is 4.90 Å². The van der Waals surface area contributed by atoms with E-state index < -0.39 is 12.0 Å². The first-order valence-electron chi connectivity index (χ1n) is 8.15. The van der Waals surface area contributed by atoms with Gasteiger partial charge >= 0.3 is 5.97 Å². The number of nitrogens with zero attached hydrogens (tertiary/aromatic N) is 2. The van der Waals surface area contributed by atoms with E-state index in [9.17, 15) is 9.59 Å². The van der Waals surface area contributed by atoms with E-state index >= 15 is 0 Å². The summed E-state index contributed by atoms with van der Waals surface area (Å²) in [7, 11) is 0. The van der Waals surface area contributed by atoms with Gasteiger partial charge in [-0.15, -0.1) is 0 Å². The first-order valence-corrected chi connectivity index (χ1v) is 9.79. The fraction of sp³-hybridized carbons (Fsp3) is 0.389. The molecule has 0 aromatic heterocycles. The maximum Gasteiger partial charge on any atom is 0.338 e. The largest absolute Gasteiger partial charge is 0.459 e. The molecule has 3 rings (SSSR count). The molecule has 0 radical (unpaired) electrons. The van der Waals surface area contributed by atoms with Crippen molar-refractivity contribution < 1.29 is 14.3 Å². The van der Waals surface area contributed by atoms with Crippen LogP contribution in [-0.2, 0) is 14.3 Å². The van der Waals surface area contributed by atoms with Crippen molar-refractivity contribution >= 4 is 52.0 Å². The van der Waals surface area contributed by atoms with E-state index in [0.717, 1.165) is 0 Å². The smallest absolute Gasteiger partial charge is 0.338 e. The Hall–Kier alpha value is -1.50. The van der Waals surface area contributed by atoms with E-state index in [0.29, 0.717) is 32.0 Å². The second-order valence-electron chi connectivity index (χ2n) is 6.38. The summed E-state index contributed by atoms with van der Waals surface area (Å²) in [6, 6.07) is 4.33. The lowest BCUT2D eigenvalue weighted by Gasteiger charge is -2.33. The molecule has 0 spiro atoms. The Balaban J connectivity index is 2.18. The molecule has 1 amide bonds. The van der Waals surface area contributed by atoms with Crippen molar-refractivity contribution in [1.29, 1.82) is 0 Å². The van der Waals surface area contributed by atoms with E-state index in [1.807, 2.05) is 6.92 Å². The molecule has 2 atom stereocenters. The van der Waals surface area contributed by atoms with Crippen molar-refractivity contribution in [3.05, 3.63) is 45.1 Å². The number of carbonyl (C=O) groups is 2. The number of allylic oxidation sites excluding steroid dienone is 1. The van der Waals surface area contributed by atoms with E-state index in [4.69, 9.17) is 27.9 Å². The maximum atomic E-state index is 12.8. The van der Waals surface area contributed by atoms with Crippen LogP contribution >= 0.6 is 35.0 Å². The first-order chi connectivity index (χ1) is 12.2. The summed E-state index contributed by atoms with van der Waals surface area (Å²) >= 11 is 13.8. The first kappa shape index (κ1) is 19.3. The minimum Gasteiger partial charge on any atom is -0.459 e. The summed E-state index contributed by atoms with van der Waals surface area (Å²) in [6.45, 7) is 7.10. The molecule has 138 valence electrons. The highest BCUT2D eigenvalue weighted by Crippen LogP contribution is 2.45. The van der Waals surface area contributed by atoms with Crippen LogP contribution in [0.2, 0.25) is 10.0 Å². The summed E-state index contributed by atoms with van der Waals surface area (Å²) in [5.41, 5.74) is 1.45. The number of thioether (sulfide) groups is 1. The van der Waals surface area contributed by atoms with Crippen LogP contribution in [0.4, 0.5) is 0 Å². The number of fused-ring (bicyclic) bond motifs is 1. The number of hydrogen-bond donors (Lipinski definition) is 0. The van der Waals surface area contributed by atoms with Crippen LogP contribution in [-0.4, -0.2) is 33.3 Å². The molecule has 8 heteroatoms. The number of benzene rings is 1. The highest BCUT2D eigenvalue weighted by atomic mass is 35.5. The lowest BCUT2D eigenvalue weighted by Crippen LogP contribution is -2.41. The van der Waals surface area contributed by atoms with E-state index in [2.05, 4.69) is 4.99 Å². The Morgan fingerprint density at radius 2 is 2.04 bits per heavy atom. The highest BCUT2D eigenvalue weighted by molar-refractivity contribution is 8.15. The van der Waals surface area contributed by atoms with Crippen LogP contribution in [0.1, 0.15) is 39.3 Å². The van der Waals surface area contributed by atoms with Crippen molar-refractivity contribution in [3.63, 3.8) is 0 Å². The molecule has 5 nitrogen and oxygen atoms in total. The molecule has 2 aliphatic heterocycles. The summed E-state index contributed by atoms with van der Waals surface area (Å²) < 4.78 is 5.41. The summed E-state index contributed by atoms with van der Waals surface area (Å²) in [4.78, 5) is 31.6. The number of hydrogen-bond acceptors (Lipinski definition) is 5. The summed E-state index contributed by atoms with van der Waals surface area (Å²) in [5.74, 6) is -0.624. The van der Waals surface area contributed by atoms with Gasteiger partial charge in [-0.1, -0.05) is 41.0 Å². The van der Waals surface area contributed by atoms with Gasteiger partial charge in [0.2, 0.25) is 5.91 Å². The third-order valence-electron chi connectivity index (χ3n) is 4.08. The molecule has 0 N–H and O–H groups in total.